The lowest BCUT2D eigenvalue weighted by atomic mass is 10.1. The lowest BCUT2D eigenvalue weighted by Crippen LogP contribution is -2.21. The van der Waals surface area contributed by atoms with Crippen molar-refractivity contribution in [2.75, 3.05) is 4.31 Å². The van der Waals surface area contributed by atoms with Gasteiger partial charge in [0.15, 0.2) is 0 Å². The van der Waals surface area contributed by atoms with Crippen molar-refractivity contribution in [1.29, 1.82) is 0 Å². The maximum Gasteiger partial charge on any atom is 0.307 e. The van der Waals surface area contributed by atoms with Gasteiger partial charge < -0.3 is 9.66 Å². The van der Waals surface area contributed by atoms with Crippen molar-refractivity contribution in [2.45, 2.75) is 6.42 Å². The molecule has 0 spiro atoms. The summed E-state index contributed by atoms with van der Waals surface area (Å²) in [6, 6.07) is 7.68. The van der Waals surface area contributed by atoms with Crippen LogP contribution < -0.4 is 4.31 Å². The number of aromatic nitrogens is 2. The normalized spacial score (nSPS) is 11.8. The Labute approximate surface area is 117 Å². The van der Waals surface area contributed by atoms with Crippen molar-refractivity contribution in [3.05, 3.63) is 48.3 Å². The molecule has 1 atom stereocenters. The van der Waals surface area contributed by atoms with Gasteiger partial charge in [-0.2, -0.15) is 0 Å². The van der Waals surface area contributed by atoms with E-state index in [0.717, 1.165) is 4.31 Å². The number of hydrogen-bond donors (Lipinski definition) is 1. The summed E-state index contributed by atoms with van der Waals surface area (Å²) in [7, 11) is 0. The molecule has 0 saturated carbocycles. The van der Waals surface area contributed by atoms with Crippen molar-refractivity contribution in [2.24, 2.45) is 0 Å². The summed E-state index contributed by atoms with van der Waals surface area (Å²) in [4.78, 5) is 18.3. The van der Waals surface area contributed by atoms with E-state index in [1.165, 1.54) is 24.5 Å². The topological polar surface area (TPSA) is 106 Å². The molecular weight excluding hydrogens is 282 g/mol. The second-order valence-corrected chi connectivity index (χ2v) is 4.60. The number of aliphatic carboxylic acids is 1. The minimum absolute atomic E-state index is 0.0202. The van der Waals surface area contributed by atoms with E-state index in [4.69, 9.17) is 5.11 Å². The molecule has 20 heavy (non-hydrogen) atoms. The molecule has 0 amide bonds. The number of anilines is 2. The number of carboxylic acid groups (broad SMARTS) is 1. The van der Waals surface area contributed by atoms with Gasteiger partial charge in [0.1, 0.15) is 0 Å². The molecule has 0 aliphatic rings. The second-order valence-electron chi connectivity index (χ2n) is 3.80. The molecule has 1 heterocycles. The van der Waals surface area contributed by atoms with Gasteiger partial charge in [0.2, 0.25) is 5.95 Å². The molecule has 0 fully saturated rings. The van der Waals surface area contributed by atoms with E-state index in [2.05, 4.69) is 9.97 Å². The first-order valence-corrected chi connectivity index (χ1v) is 6.58. The van der Waals surface area contributed by atoms with Crippen LogP contribution in [0.15, 0.2) is 42.7 Å². The van der Waals surface area contributed by atoms with Gasteiger partial charge in [-0.25, -0.2) is 14.3 Å². The highest BCUT2D eigenvalue weighted by Gasteiger charge is 2.12. The molecule has 104 valence electrons. The fourth-order valence-corrected chi connectivity index (χ4v) is 2.11. The minimum atomic E-state index is -2.58. The molecule has 0 bridgehead atoms. The highest BCUT2D eigenvalue weighted by Crippen LogP contribution is 2.23. The van der Waals surface area contributed by atoms with E-state index in [1.807, 2.05) is 0 Å². The summed E-state index contributed by atoms with van der Waals surface area (Å²) >= 11 is -2.58. The Morgan fingerprint density at radius 3 is 2.35 bits per heavy atom. The zero-order valence-corrected chi connectivity index (χ0v) is 11.0. The Kier molecular flexibility index (Phi) is 4.38. The summed E-state index contributed by atoms with van der Waals surface area (Å²) in [5.41, 5.74) is 0.908. The molecule has 2 aromatic rings. The number of nitrogens with zero attached hydrogens (tertiary/aromatic N) is 3. The monoisotopic (exact) mass is 292 g/mol. The van der Waals surface area contributed by atoms with Crippen LogP contribution >= 0.6 is 0 Å². The predicted molar refractivity (Wildman–Crippen MR) is 70.9 cm³/mol. The van der Waals surface area contributed by atoms with Gasteiger partial charge in [0.25, 0.3) is 0 Å². The average Bonchev–Trinajstić information content (AvgIpc) is 2.41. The van der Waals surface area contributed by atoms with Crippen LogP contribution in [0.1, 0.15) is 5.56 Å². The molecule has 0 aliphatic heterocycles. The lowest BCUT2D eigenvalue weighted by Gasteiger charge is -2.24. The SMILES string of the molecule is O=C(O)Cc1ccc(N(c2ncccn2)S(=O)[O-])cc1. The van der Waals surface area contributed by atoms with Gasteiger partial charge in [0, 0.05) is 12.4 Å². The first-order valence-electron chi connectivity index (χ1n) is 5.55. The highest BCUT2D eigenvalue weighted by molar-refractivity contribution is 7.81. The number of hydrogen-bond acceptors (Lipinski definition) is 5. The predicted octanol–water partition coefficient (Wildman–Crippen LogP) is 1.04. The Bertz CT molecular complexity index is 618. The third-order valence-electron chi connectivity index (χ3n) is 2.41. The van der Waals surface area contributed by atoms with Crippen LogP contribution in [0.2, 0.25) is 0 Å². The van der Waals surface area contributed by atoms with E-state index >= 15 is 0 Å². The Morgan fingerprint density at radius 1 is 1.25 bits per heavy atom. The summed E-state index contributed by atoms with van der Waals surface area (Å²) in [6.07, 6.45) is 2.74. The first kappa shape index (κ1) is 14.1. The molecule has 2 rings (SSSR count). The van der Waals surface area contributed by atoms with E-state index < -0.39 is 17.2 Å². The summed E-state index contributed by atoms with van der Waals surface area (Å²) in [5.74, 6) is -0.930. The third-order valence-corrected chi connectivity index (χ3v) is 3.08. The average molecular weight is 292 g/mol. The zero-order valence-electron chi connectivity index (χ0n) is 10.2. The summed E-state index contributed by atoms with van der Waals surface area (Å²) < 4.78 is 23.6. The molecule has 0 saturated heterocycles. The second kappa shape index (κ2) is 6.22. The van der Waals surface area contributed by atoms with Crippen LogP contribution in [0.5, 0.6) is 0 Å². The van der Waals surface area contributed by atoms with Crippen LogP contribution in [-0.2, 0) is 22.5 Å². The van der Waals surface area contributed by atoms with Crippen LogP contribution in [-0.4, -0.2) is 29.8 Å². The number of carboxylic acids is 1. The Balaban J connectivity index is 2.31. The van der Waals surface area contributed by atoms with Crippen LogP contribution in [0.25, 0.3) is 0 Å². The fourth-order valence-electron chi connectivity index (χ4n) is 1.59. The molecule has 7 nitrogen and oxygen atoms in total. The quantitative estimate of drug-likeness (QED) is 0.825. The van der Waals surface area contributed by atoms with Crippen molar-refractivity contribution in [1.82, 2.24) is 9.97 Å². The van der Waals surface area contributed by atoms with Gasteiger partial charge >= 0.3 is 5.97 Å². The molecule has 1 aromatic heterocycles. The van der Waals surface area contributed by atoms with Gasteiger partial charge in [-0.15, -0.1) is 0 Å². The Hall–Kier alpha value is -2.32. The van der Waals surface area contributed by atoms with Crippen molar-refractivity contribution in [3.8, 4) is 0 Å². The van der Waals surface area contributed by atoms with Crippen LogP contribution in [0.3, 0.4) is 0 Å². The van der Waals surface area contributed by atoms with Crippen LogP contribution in [0.4, 0.5) is 11.6 Å². The lowest BCUT2D eigenvalue weighted by molar-refractivity contribution is -0.136. The molecule has 0 aliphatic carbocycles. The van der Waals surface area contributed by atoms with Gasteiger partial charge in [-0.05, 0) is 23.8 Å². The van der Waals surface area contributed by atoms with Crippen molar-refractivity contribution >= 4 is 28.9 Å². The zero-order chi connectivity index (χ0) is 14.5. The van der Waals surface area contributed by atoms with Crippen LogP contribution in [0, 0.1) is 0 Å². The van der Waals surface area contributed by atoms with E-state index in [9.17, 15) is 13.6 Å². The summed E-state index contributed by atoms with van der Waals surface area (Å²) in [5, 5.41) is 8.68. The fraction of sp³-hybridized carbons (Fsp3) is 0.0833. The van der Waals surface area contributed by atoms with Gasteiger partial charge in [-0.1, -0.05) is 12.1 Å². The minimum Gasteiger partial charge on any atom is -0.755 e. The molecular formula is C12H10N3O4S-. The third kappa shape index (κ3) is 3.37. The molecule has 0 radical (unpaired) electrons. The standard InChI is InChI=1S/C12H11N3O4S/c16-11(17)8-9-2-4-10(5-3-9)15(20(18)19)12-13-6-1-7-14-12/h1-7H,8H2,(H,16,17)(H,18,19)/p-1. The Morgan fingerprint density at radius 2 is 1.85 bits per heavy atom. The molecule has 1 N–H and O–H groups in total. The van der Waals surface area contributed by atoms with Crippen molar-refractivity contribution < 1.29 is 18.7 Å². The largest absolute Gasteiger partial charge is 0.755 e. The number of rotatable bonds is 5. The van der Waals surface area contributed by atoms with E-state index in [-0.39, 0.29) is 12.4 Å². The number of carbonyl (C=O) groups is 1. The smallest absolute Gasteiger partial charge is 0.307 e. The van der Waals surface area contributed by atoms with E-state index in [1.54, 1.807) is 18.2 Å². The van der Waals surface area contributed by atoms with E-state index in [0.29, 0.717) is 11.3 Å². The number of benzene rings is 1. The highest BCUT2D eigenvalue weighted by atomic mass is 32.2. The first-order chi connectivity index (χ1) is 9.58. The molecule has 1 unspecified atom stereocenters. The maximum atomic E-state index is 11.3. The maximum absolute atomic E-state index is 11.3. The molecule has 1 aromatic carbocycles. The van der Waals surface area contributed by atoms with Crippen molar-refractivity contribution in [3.63, 3.8) is 0 Å². The van der Waals surface area contributed by atoms with Gasteiger partial charge in [0.05, 0.1) is 23.4 Å². The molecule has 8 heteroatoms. The summed E-state index contributed by atoms with van der Waals surface area (Å²) in [6.45, 7) is 0. The van der Waals surface area contributed by atoms with Gasteiger partial charge in [-0.3, -0.25) is 9.00 Å².